The van der Waals surface area contributed by atoms with Gasteiger partial charge in [-0.2, -0.15) is 0 Å². The van der Waals surface area contributed by atoms with Gasteiger partial charge in [-0.25, -0.2) is 4.79 Å². The molecule has 3 saturated carbocycles. The lowest BCUT2D eigenvalue weighted by molar-refractivity contribution is -0.190. The van der Waals surface area contributed by atoms with E-state index in [1.807, 2.05) is 6.92 Å². The van der Waals surface area contributed by atoms with Crippen molar-refractivity contribution in [2.45, 2.75) is 90.1 Å². The van der Waals surface area contributed by atoms with Crippen molar-refractivity contribution in [2.24, 2.45) is 34.5 Å². The molecular weight excluding hydrogens is 434 g/mol. The largest absolute Gasteiger partial charge is 0.438 e. The van der Waals surface area contributed by atoms with Gasteiger partial charge < -0.3 is 25.4 Å². The van der Waals surface area contributed by atoms with Gasteiger partial charge in [-0.1, -0.05) is 52.2 Å². The Bertz CT molecular complexity index is 949. The predicted molar refractivity (Wildman–Crippen MR) is 126 cm³/mol. The van der Waals surface area contributed by atoms with Crippen LogP contribution in [0.3, 0.4) is 0 Å². The third-order valence-corrected chi connectivity index (χ3v) is 10.0. The van der Waals surface area contributed by atoms with Crippen molar-refractivity contribution in [3.05, 3.63) is 23.3 Å². The number of carbonyl (C=O) groups excluding carboxylic acids is 2. The Balaban J connectivity index is 1.54. The third-order valence-electron chi connectivity index (χ3n) is 10.0. The highest BCUT2D eigenvalue weighted by atomic mass is 16.6. The van der Waals surface area contributed by atoms with E-state index in [9.17, 15) is 24.9 Å². The molecule has 1 spiro atoms. The number of alkyl carbamates (subject to hydrolysis) is 1. The summed E-state index contributed by atoms with van der Waals surface area (Å²) in [4.78, 5) is 27.2. The second-order valence-corrected chi connectivity index (χ2v) is 12.1. The van der Waals surface area contributed by atoms with Crippen LogP contribution in [0.25, 0.3) is 0 Å². The van der Waals surface area contributed by atoms with Gasteiger partial charge >= 0.3 is 6.09 Å². The Kier molecular flexibility index (Phi) is 5.58. The summed E-state index contributed by atoms with van der Waals surface area (Å²) >= 11 is 0. The standard InChI is InChI=1S/C27H39NO6/c1-14-12-26-15(2)10-19-20(25(19,3)4)18(22(26)31)11-16(13-29)21(30)27(26,33)23(14)34-24(32)28-17-8-6-5-7-9-17/h11-12,15,17-21,23,29-30,33H,5-10,13H2,1-4H3,(H,28,32)/t15-,18+,19-,20+,21-,23?,26+,27+/m1/s1. The molecule has 188 valence electrons. The number of rotatable bonds is 3. The first-order valence-corrected chi connectivity index (χ1v) is 12.9. The van der Waals surface area contributed by atoms with Crippen LogP contribution in [0.2, 0.25) is 0 Å². The predicted octanol–water partition coefficient (Wildman–Crippen LogP) is 2.88. The third kappa shape index (κ3) is 3.05. The molecule has 7 heteroatoms. The van der Waals surface area contributed by atoms with Gasteiger partial charge in [0, 0.05) is 12.0 Å². The van der Waals surface area contributed by atoms with Gasteiger partial charge in [0.05, 0.1) is 12.0 Å². The van der Waals surface area contributed by atoms with Crippen LogP contribution in [0.1, 0.15) is 66.2 Å². The van der Waals surface area contributed by atoms with Crippen LogP contribution in [0.5, 0.6) is 0 Å². The molecule has 0 aromatic carbocycles. The SMILES string of the molecule is CC1=C[C@]23C(=O)[C@@H](C=C(CO)[C@@H](O)[C@]2(O)C1OC(=O)NC1CCCCC1)[C@H]1[C@@H](C[C@H]3C)C1(C)C. The van der Waals surface area contributed by atoms with Crippen LogP contribution < -0.4 is 5.32 Å². The number of hydrogen-bond donors (Lipinski definition) is 4. The number of carbonyl (C=O) groups is 2. The minimum absolute atomic E-state index is 0.0200. The summed E-state index contributed by atoms with van der Waals surface area (Å²) in [5.41, 5.74) is -2.71. The smallest absolute Gasteiger partial charge is 0.408 e. The summed E-state index contributed by atoms with van der Waals surface area (Å²) < 4.78 is 5.83. The molecule has 5 aliphatic rings. The highest BCUT2D eigenvalue weighted by Crippen LogP contribution is 2.71. The zero-order valence-corrected chi connectivity index (χ0v) is 20.7. The molecule has 1 amide bonds. The maximum absolute atomic E-state index is 14.3. The molecule has 8 atom stereocenters. The molecule has 0 radical (unpaired) electrons. The molecular formula is C27H39NO6. The molecule has 4 N–H and O–H groups in total. The minimum atomic E-state index is -2.08. The Morgan fingerprint density at radius 3 is 2.56 bits per heavy atom. The first-order valence-electron chi connectivity index (χ1n) is 12.9. The number of ether oxygens (including phenoxy) is 1. The average molecular weight is 474 g/mol. The molecule has 0 aromatic rings. The molecule has 5 aliphatic carbocycles. The fourth-order valence-electron chi connectivity index (χ4n) is 8.15. The van der Waals surface area contributed by atoms with Crippen LogP contribution in [0, 0.1) is 34.5 Å². The summed E-state index contributed by atoms with van der Waals surface area (Å²) in [7, 11) is 0. The second kappa shape index (κ2) is 7.90. The molecule has 34 heavy (non-hydrogen) atoms. The molecule has 0 aromatic heterocycles. The van der Waals surface area contributed by atoms with Crippen LogP contribution in [0.15, 0.2) is 23.3 Å². The van der Waals surface area contributed by atoms with Gasteiger partial charge in [0.1, 0.15) is 6.10 Å². The first-order chi connectivity index (χ1) is 16.0. The van der Waals surface area contributed by atoms with Gasteiger partial charge in [0.25, 0.3) is 0 Å². The van der Waals surface area contributed by atoms with Crippen molar-refractivity contribution in [3.63, 3.8) is 0 Å². The molecule has 0 heterocycles. The first kappa shape index (κ1) is 24.0. The van der Waals surface area contributed by atoms with E-state index >= 15 is 0 Å². The van der Waals surface area contributed by atoms with Crippen LogP contribution in [0.4, 0.5) is 4.79 Å². The van der Waals surface area contributed by atoms with Crippen molar-refractivity contribution in [1.29, 1.82) is 0 Å². The number of hydrogen-bond acceptors (Lipinski definition) is 6. The number of nitrogens with one attached hydrogen (secondary N) is 1. The van der Waals surface area contributed by atoms with E-state index in [1.165, 1.54) is 0 Å². The summed E-state index contributed by atoms with van der Waals surface area (Å²) in [6, 6.07) is 0.0275. The molecule has 7 nitrogen and oxygen atoms in total. The monoisotopic (exact) mass is 473 g/mol. The molecule has 0 aliphatic heterocycles. The van der Waals surface area contributed by atoms with E-state index in [1.54, 1.807) is 19.1 Å². The maximum atomic E-state index is 14.3. The zero-order valence-electron chi connectivity index (χ0n) is 20.7. The van der Waals surface area contributed by atoms with E-state index in [-0.39, 0.29) is 34.6 Å². The molecule has 3 fully saturated rings. The maximum Gasteiger partial charge on any atom is 0.408 e. The lowest BCUT2D eigenvalue weighted by Gasteiger charge is -2.48. The Hall–Kier alpha value is -1.70. The zero-order chi connectivity index (χ0) is 24.6. The lowest BCUT2D eigenvalue weighted by atomic mass is 9.59. The number of aliphatic hydroxyl groups excluding tert-OH is 2. The van der Waals surface area contributed by atoms with Gasteiger partial charge in [0.2, 0.25) is 0 Å². The highest BCUT2D eigenvalue weighted by Gasteiger charge is 2.76. The van der Waals surface area contributed by atoms with E-state index in [2.05, 4.69) is 19.2 Å². The Morgan fingerprint density at radius 2 is 1.91 bits per heavy atom. The number of fused-ring (bicyclic) bond motifs is 3. The van der Waals surface area contributed by atoms with E-state index in [4.69, 9.17) is 4.74 Å². The second-order valence-electron chi connectivity index (χ2n) is 12.1. The Morgan fingerprint density at radius 1 is 1.24 bits per heavy atom. The van der Waals surface area contributed by atoms with Crippen molar-refractivity contribution in [1.82, 2.24) is 5.32 Å². The topological polar surface area (TPSA) is 116 Å². The lowest BCUT2D eigenvalue weighted by Crippen LogP contribution is -2.66. The van der Waals surface area contributed by atoms with Crippen molar-refractivity contribution >= 4 is 11.9 Å². The molecule has 5 rings (SSSR count). The van der Waals surface area contributed by atoms with Gasteiger partial charge in [0.15, 0.2) is 17.5 Å². The number of allylic oxidation sites excluding steroid dienone is 1. The molecule has 2 bridgehead atoms. The molecule has 0 saturated heterocycles. The van der Waals surface area contributed by atoms with Gasteiger partial charge in [-0.05, 0) is 60.5 Å². The fraction of sp³-hybridized carbons (Fsp3) is 0.778. The summed E-state index contributed by atoms with van der Waals surface area (Å²) in [6.07, 6.45) is 5.86. The van der Waals surface area contributed by atoms with Gasteiger partial charge in [-0.15, -0.1) is 0 Å². The summed E-state index contributed by atoms with van der Waals surface area (Å²) in [5.74, 6) is -0.498. The van der Waals surface area contributed by atoms with Crippen LogP contribution >= 0.6 is 0 Å². The minimum Gasteiger partial charge on any atom is -0.438 e. The van der Waals surface area contributed by atoms with Crippen molar-refractivity contribution < 1.29 is 29.6 Å². The van der Waals surface area contributed by atoms with Crippen molar-refractivity contribution in [3.8, 4) is 0 Å². The summed E-state index contributed by atoms with van der Waals surface area (Å²) in [6.45, 7) is 7.56. The Labute approximate surface area is 201 Å². The number of aliphatic hydroxyl groups is 3. The van der Waals surface area contributed by atoms with E-state index in [0.29, 0.717) is 11.5 Å². The number of ketones is 1. The number of amides is 1. The van der Waals surface area contributed by atoms with Crippen molar-refractivity contribution in [2.75, 3.05) is 6.61 Å². The normalized spacial score (nSPS) is 45.2. The highest BCUT2D eigenvalue weighted by molar-refractivity contribution is 5.95. The number of Topliss-reactive ketones (excluding diaryl/α,β-unsaturated/α-hetero) is 1. The average Bonchev–Trinajstić information content (AvgIpc) is 3.28. The van der Waals surface area contributed by atoms with E-state index < -0.39 is 41.8 Å². The van der Waals surface area contributed by atoms with E-state index in [0.717, 1.165) is 38.5 Å². The quantitative estimate of drug-likeness (QED) is 0.469. The van der Waals surface area contributed by atoms with Crippen LogP contribution in [-0.2, 0) is 9.53 Å². The van der Waals surface area contributed by atoms with Gasteiger partial charge in [-0.3, -0.25) is 4.79 Å². The molecule has 1 unspecified atom stereocenters. The fourth-order valence-corrected chi connectivity index (χ4v) is 8.15. The summed E-state index contributed by atoms with van der Waals surface area (Å²) in [5, 5.41) is 37.0. The van der Waals surface area contributed by atoms with Crippen LogP contribution in [-0.4, -0.2) is 57.7 Å².